The highest BCUT2D eigenvalue weighted by Crippen LogP contribution is 2.17. The minimum atomic E-state index is -1.79. The number of hydrogen-bond donors (Lipinski definition) is 6. The Balaban J connectivity index is 1.64. The van der Waals surface area contributed by atoms with Crippen LogP contribution in [0.2, 0.25) is 0 Å². The summed E-state index contributed by atoms with van der Waals surface area (Å²) in [6.45, 7) is 4.82. The second-order valence-electron chi connectivity index (χ2n) is 9.44. The Morgan fingerprint density at radius 2 is 1.74 bits per heavy atom. The van der Waals surface area contributed by atoms with Crippen molar-refractivity contribution in [2.45, 2.75) is 45.4 Å². The number of aliphatic carboxylic acids is 2. The maximum absolute atomic E-state index is 12.7. The zero-order chi connectivity index (χ0) is 28.9. The van der Waals surface area contributed by atoms with Gasteiger partial charge >= 0.3 is 17.9 Å². The van der Waals surface area contributed by atoms with Crippen molar-refractivity contribution < 1.29 is 34.1 Å². The van der Waals surface area contributed by atoms with Crippen LogP contribution < -0.4 is 21.9 Å². The predicted octanol–water partition coefficient (Wildman–Crippen LogP) is 0.523. The number of carboxylic acids is 2. The fourth-order valence-electron chi connectivity index (χ4n) is 3.36. The molecule has 206 valence electrons. The third-order valence-corrected chi connectivity index (χ3v) is 5.17. The van der Waals surface area contributed by atoms with Crippen molar-refractivity contribution in [3.8, 4) is 0 Å². The van der Waals surface area contributed by atoms with E-state index in [-0.39, 0.29) is 29.2 Å². The zero-order valence-electron chi connectivity index (χ0n) is 21.2. The largest absolute Gasteiger partial charge is 0.481 e. The summed E-state index contributed by atoms with van der Waals surface area (Å²) in [6, 6.07) is 4.28. The molecule has 0 saturated heterocycles. The van der Waals surface area contributed by atoms with Gasteiger partial charge in [-0.1, -0.05) is 0 Å². The van der Waals surface area contributed by atoms with Crippen LogP contribution in [0.4, 0.5) is 11.6 Å². The molecular weight excluding hydrogens is 514 g/mol. The molecule has 1 amide bonds. The number of benzene rings is 1. The molecule has 15 heteroatoms. The quantitative estimate of drug-likeness (QED) is 0.152. The van der Waals surface area contributed by atoms with Gasteiger partial charge < -0.3 is 31.3 Å². The molecule has 0 aliphatic rings. The molecule has 0 aliphatic heterocycles. The maximum atomic E-state index is 12.7. The Labute approximate surface area is 220 Å². The van der Waals surface area contributed by atoms with Crippen molar-refractivity contribution >= 4 is 46.6 Å². The summed E-state index contributed by atoms with van der Waals surface area (Å²) in [6.07, 6.45) is 0.722. The minimum absolute atomic E-state index is 0.0281. The number of nitrogen functional groups attached to an aromatic ring is 1. The van der Waals surface area contributed by atoms with Crippen LogP contribution in [0.15, 0.2) is 35.3 Å². The highest BCUT2D eigenvalue weighted by molar-refractivity contribution is 5.98. The number of carbonyl (C=O) groups is 4. The van der Waals surface area contributed by atoms with Crippen LogP contribution in [0.3, 0.4) is 0 Å². The monoisotopic (exact) mass is 541 g/mol. The van der Waals surface area contributed by atoms with E-state index in [0.29, 0.717) is 11.4 Å². The average molecular weight is 542 g/mol. The molecule has 0 fully saturated rings. The summed E-state index contributed by atoms with van der Waals surface area (Å²) in [5.41, 5.74) is 5.22. The number of aromatic nitrogens is 4. The molecule has 0 saturated carbocycles. The van der Waals surface area contributed by atoms with E-state index in [4.69, 9.17) is 10.5 Å². The zero-order valence-corrected chi connectivity index (χ0v) is 21.2. The van der Waals surface area contributed by atoms with Crippen LogP contribution in [-0.2, 0) is 25.7 Å². The number of fused-ring (bicyclic) bond motifs is 1. The average Bonchev–Trinajstić information content (AvgIpc) is 2.84. The van der Waals surface area contributed by atoms with Gasteiger partial charge in [0.05, 0.1) is 18.4 Å². The lowest BCUT2D eigenvalue weighted by Crippen LogP contribution is -2.45. The number of H-pyrrole nitrogens is 1. The van der Waals surface area contributed by atoms with Crippen LogP contribution in [0, 0.1) is 5.92 Å². The van der Waals surface area contributed by atoms with Crippen LogP contribution in [0.25, 0.3) is 11.2 Å². The molecule has 0 radical (unpaired) electrons. The molecule has 39 heavy (non-hydrogen) atoms. The number of rotatable bonds is 10. The standard InChI is InChI=1S/C24H27N7O8/c1-24(2,3)39-22(38)14(20(34)35)8-15(21(36)37)29-18(32)11-4-6-12(7-5-11)26-9-13-10-27-17-16(28-13)19(33)31-23(25)30-17/h4-7,10,14-15,26H,8-9H2,1-3H3,(H,29,32)(H,34,35)(H,36,37)(H3,25,27,30,31,33)/t14?,15-/m0/s1. The number of nitrogens with one attached hydrogen (secondary N) is 3. The minimum Gasteiger partial charge on any atom is -0.481 e. The van der Waals surface area contributed by atoms with E-state index in [2.05, 4.69) is 30.6 Å². The van der Waals surface area contributed by atoms with Gasteiger partial charge in [0.25, 0.3) is 11.5 Å². The van der Waals surface area contributed by atoms with E-state index in [1.54, 1.807) is 32.9 Å². The molecule has 2 heterocycles. The van der Waals surface area contributed by atoms with Gasteiger partial charge in [-0.2, -0.15) is 4.98 Å². The molecule has 0 aliphatic carbocycles. The summed E-state index contributed by atoms with van der Waals surface area (Å²) in [7, 11) is 0. The molecule has 2 atom stereocenters. The highest BCUT2D eigenvalue weighted by atomic mass is 16.6. The third-order valence-electron chi connectivity index (χ3n) is 5.17. The number of amides is 1. The van der Waals surface area contributed by atoms with E-state index >= 15 is 0 Å². The molecule has 3 rings (SSSR count). The number of aromatic amines is 1. The van der Waals surface area contributed by atoms with Crippen LogP contribution in [-0.4, -0.2) is 65.6 Å². The van der Waals surface area contributed by atoms with E-state index in [1.165, 1.54) is 18.3 Å². The Hall–Kier alpha value is -5.08. The van der Waals surface area contributed by atoms with Crippen molar-refractivity contribution in [2.24, 2.45) is 5.92 Å². The Kier molecular flexibility index (Phi) is 8.43. The first-order chi connectivity index (χ1) is 18.2. The molecule has 1 aromatic carbocycles. The molecule has 15 nitrogen and oxygen atoms in total. The molecule has 3 aromatic rings. The number of esters is 1. The van der Waals surface area contributed by atoms with Gasteiger partial charge in [-0.15, -0.1) is 0 Å². The van der Waals surface area contributed by atoms with E-state index < -0.39 is 53.4 Å². The summed E-state index contributed by atoms with van der Waals surface area (Å²) in [4.78, 5) is 74.8. The fourth-order valence-corrected chi connectivity index (χ4v) is 3.36. The number of nitrogens with zero attached hydrogens (tertiary/aromatic N) is 3. The molecule has 1 unspecified atom stereocenters. The Morgan fingerprint density at radius 1 is 1.08 bits per heavy atom. The summed E-state index contributed by atoms with van der Waals surface area (Å²) < 4.78 is 5.07. The van der Waals surface area contributed by atoms with E-state index in [0.717, 1.165) is 0 Å². The van der Waals surface area contributed by atoms with Crippen LogP contribution >= 0.6 is 0 Å². The number of carbonyl (C=O) groups excluding carboxylic acids is 2. The first-order valence-electron chi connectivity index (χ1n) is 11.6. The van der Waals surface area contributed by atoms with Gasteiger partial charge in [0, 0.05) is 17.7 Å². The second kappa shape index (κ2) is 11.5. The normalized spacial score (nSPS) is 12.8. The SMILES string of the molecule is CC(C)(C)OC(=O)C(C[C@H](NC(=O)c1ccc(NCc2cnc3nc(N)[nH]c(=O)c3n2)cc1)C(=O)O)C(=O)O. The summed E-state index contributed by atoms with van der Waals surface area (Å²) >= 11 is 0. The predicted molar refractivity (Wildman–Crippen MR) is 137 cm³/mol. The number of anilines is 2. The summed E-state index contributed by atoms with van der Waals surface area (Å²) in [5, 5.41) is 24.2. The first-order valence-corrected chi connectivity index (χ1v) is 11.6. The highest BCUT2D eigenvalue weighted by Gasteiger charge is 2.36. The number of carboxylic acid groups (broad SMARTS) is 2. The number of ether oxygens (including phenoxy) is 1. The number of nitrogens with two attached hydrogens (primary N) is 1. The molecule has 0 bridgehead atoms. The Morgan fingerprint density at radius 3 is 2.33 bits per heavy atom. The lowest BCUT2D eigenvalue weighted by atomic mass is 9.99. The van der Waals surface area contributed by atoms with Crippen molar-refractivity contribution in [3.63, 3.8) is 0 Å². The van der Waals surface area contributed by atoms with Gasteiger partial charge in [0.15, 0.2) is 17.1 Å². The lowest BCUT2D eigenvalue weighted by molar-refractivity contribution is -0.167. The maximum Gasteiger partial charge on any atom is 0.326 e. The fraction of sp³-hybridized carbons (Fsp3) is 0.333. The lowest BCUT2D eigenvalue weighted by Gasteiger charge is -2.24. The van der Waals surface area contributed by atoms with Gasteiger partial charge in [0.1, 0.15) is 11.6 Å². The van der Waals surface area contributed by atoms with E-state index in [1.807, 2.05) is 0 Å². The van der Waals surface area contributed by atoms with Crippen molar-refractivity contribution in [3.05, 3.63) is 52.1 Å². The third kappa shape index (κ3) is 7.70. The van der Waals surface area contributed by atoms with Gasteiger partial charge in [-0.05, 0) is 45.0 Å². The van der Waals surface area contributed by atoms with Crippen LogP contribution in [0.1, 0.15) is 43.2 Å². The van der Waals surface area contributed by atoms with Gasteiger partial charge in [0.2, 0.25) is 5.95 Å². The van der Waals surface area contributed by atoms with Crippen LogP contribution in [0.5, 0.6) is 0 Å². The second-order valence-corrected chi connectivity index (χ2v) is 9.44. The Bertz CT molecular complexity index is 1460. The van der Waals surface area contributed by atoms with Crippen molar-refractivity contribution in [1.82, 2.24) is 25.3 Å². The van der Waals surface area contributed by atoms with Crippen molar-refractivity contribution in [2.75, 3.05) is 11.1 Å². The number of hydrogen-bond acceptors (Lipinski definition) is 11. The molecule has 7 N–H and O–H groups in total. The smallest absolute Gasteiger partial charge is 0.326 e. The first kappa shape index (κ1) is 28.5. The molecule has 2 aromatic heterocycles. The molecular formula is C24H27N7O8. The van der Waals surface area contributed by atoms with Gasteiger partial charge in [-0.25, -0.2) is 14.8 Å². The summed E-state index contributed by atoms with van der Waals surface area (Å²) in [5.74, 6) is -6.83. The van der Waals surface area contributed by atoms with Gasteiger partial charge in [-0.3, -0.25) is 24.2 Å². The van der Waals surface area contributed by atoms with E-state index in [9.17, 15) is 34.2 Å². The van der Waals surface area contributed by atoms with Crippen molar-refractivity contribution in [1.29, 1.82) is 0 Å². The molecule has 0 spiro atoms. The topological polar surface area (TPSA) is 240 Å².